The largest absolute Gasteiger partial charge is 0.356 e. The molecular formula is C15H17F2N3O. The zero-order chi connectivity index (χ0) is 15.2. The Morgan fingerprint density at radius 2 is 2.14 bits per heavy atom. The minimum atomic E-state index is -0.695. The van der Waals surface area contributed by atoms with E-state index in [-0.39, 0.29) is 17.9 Å². The average Bonchev–Trinajstić information content (AvgIpc) is 2.84. The van der Waals surface area contributed by atoms with Crippen LogP contribution in [0.4, 0.5) is 8.78 Å². The summed E-state index contributed by atoms with van der Waals surface area (Å²) in [5.41, 5.74) is 2.34. The normalized spacial score (nSPS) is 10.6. The quantitative estimate of drug-likeness (QED) is 0.803. The topological polar surface area (TPSA) is 57.8 Å². The summed E-state index contributed by atoms with van der Waals surface area (Å²) in [6, 6.07) is 3.22. The molecule has 2 aromatic rings. The molecule has 0 spiro atoms. The maximum absolute atomic E-state index is 13.4. The Labute approximate surface area is 121 Å². The van der Waals surface area contributed by atoms with Gasteiger partial charge in [-0.3, -0.25) is 9.89 Å². The van der Waals surface area contributed by atoms with Crippen molar-refractivity contribution in [2.45, 2.75) is 26.2 Å². The Bertz CT molecular complexity index is 625. The molecule has 0 fully saturated rings. The predicted octanol–water partition coefficient (Wildman–Crippen LogP) is 2.29. The van der Waals surface area contributed by atoms with E-state index in [2.05, 4.69) is 15.5 Å². The highest BCUT2D eigenvalue weighted by atomic mass is 19.1. The number of carbonyl (C=O) groups excluding carboxylic acids is 1. The summed E-state index contributed by atoms with van der Waals surface area (Å²) in [6.07, 6.45) is 3.27. The van der Waals surface area contributed by atoms with Gasteiger partial charge in [-0.25, -0.2) is 8.78 Å². The van der Waals surface area contributed by atoms with Gasteiger partial charge >= 0.3 is 0 Å². The molecule has 21 heavy (non-hydrogen) atoms. The van der Waals surface area contributed by atoms with Crippen LogP contribution in [0.3, 0.4) is 0 Å². The number of nitrogens with one attached hydrogen (secondary N) is 2. The second-order valence-corrected chi connectivity index (χ2v) is 4.89. The highest BCUT2D eigenvalue weighted by molar-refractivity contribution is 5.78. The lowest BCUT2D eigenvalue weighted by Gasteiger charge is -2.06. The van der Waals surface area contributed by atoms with Gasteiger partial charge in [-0.1, -0.05) is 6.07 Å². The fraction of sp³-hybridized carbons (Fsp3) is 0.333. The lowest BCUT2D eigenvalue weighted by molar-refractivity contribution is -0.120. The first kappa shape index (κ1) is 15.2. The van der Waals surface area contributed by atoms with E-state index in [1.165, 1.54) is 6.07 Å². The Kier molecular flexibility index (Phi) is 5.03. The summed E-state index contributed by atoms with van der Waals surface area (Å²) in [7, 11) is 0. The van der Waals surface area contributed by atoms with Crippen LogP contribution in [0.2, 0.25) is 0 Å². The van der Waals surface area contributed by atoms with Crippen LogP contribution in [0, 0.1) is 18.6 Å². The number of halogens is 2. The molecule has 0 saturated carbocycles. The first-order valence-corrected chi connectivity index (χ1v) is 6.75. The number of rotatable bonds is 6. The number of aromatic nitrogens is 2. The van der Waals surface area contributed by atoms with Crippen molar-refractivity contribution in [1.29, 1.82) is 0 Å². The van der Waals surface area contributed by atoms with Crippen molar-refractivity contribution in [2.75, 3.05) is 6.54 Å². The van der Waals surface area contributed by atoms with E-state index in [1.54, 1.807) is 6.20 Å². The van der Waals surface area contributed by atoms with E-state index in [0.717, 1.165) is 36.2 Å². The molecule has 0 unspecified atom stereocenters. The molecule has 0 radical (unpaired) electrons. The third-order valence-electron chi connectivity index (χ3n) is 3.25. The van der Waals surface area contributed by atoms with Gasteiger partial charge in [0.15, 0.2) is 0 Å². The lowest BCUT2D eigenvalue weighted by atomic mass is 10.1. The number of carbonyl (C=O) groups is 1. The van der Waals surface area contributed by atoms with Crippen LogP contribution in [-0.2, 0) is 17.6 Å². The predicted molar refractivity (Wildman–Crippen MR) is 74.7 cm³/mol. The second kappa shape index (κ2) is 6.97. The number of nitrogens with zero attached hydrogens (tertiary/aromatic N) is 1. The number of benzene rings is 1. The summed E-state index contributed by atoms with van der Waals surface area (Å²) in [5.74, 6) is -1.62. The molecule has 0 aliphatic heterocycles. The maximum atomic E-state index is 13.4. The van der Waals surface area contributed by atoms with Gasteiger partial charge in [-0.15, -0.1) is 0 Å². The van der Waals surface area contributed by atoms with Gasteiger partial charge in [0.25, 0.3) is 0 Å². The van der Waals surface area contributed by atoms with Crippen LogP contribution < -0.4 is 5.32 Å². The highest BCUT2D eigenvalue weighted by Gasteiger charge is 2.09. The Morgan fingerprint density at radius 3 is 2.81 bits per heavy atom. The van der Waals surface area contributed by atoms with Gasteiger partial charge < -0.3 is 5.32 Å². The van der Waals surface area contributed by atoms with Crippen LogP contribution in [0.25, 0.3) is 0 Å². The summed E-state index contributed by atoms with van der Waals surface area (Å²) < 4.78 is 26.2. The molecule has 112 valence electrons. The SMILES string of the molecule is Cc1[nH]ncc1CCCNC(=O)Cc1ccc(F)cc1F. The molecule has 1 aromatic heterocycles. The van der Waals surface area contributed by atoms with E-state index in [4.69, 9.17) is 0 Å². The smallest absolute Gasteiger partial charge is 0.224 e. The van der Waals surface area contributed by atoms with Crippen molar-refractivity contribution in [3.63, 3.8) is 0 Å². The minimum absolute atomic E-state index is 0.0865. The third-order valence-corrected chi connectivity index (χ3v) is 3.25. The molecule has 2 rings (SSSR count). The van der Waals surface area contributed by atoms with Crippen LogP contribution in [-0.4, -0.2) is 22.6 Å². The third kappa shape index (κ3) is 4.37. The molecule has 1 heterocycles. The van der Waals surface area contributed by atoms with Crippen molar-refractivity contribution >= 4 is 5.91 Å². The fourth-order valence-corrected chi connectivity index (χ4v) is 2.03. The lowest BCUT2D eigenvalue weighted by Crippen LogP contribution is -2.26. The zero-order valence-electron chi connectivity index (χ0n) is 11.7. The molecule has 2 N–H and O–H groups in total. The van der Waals surface area contributed by atoms with Crippen molar-refractivity contribution < 1.29 is 13.6 Å². The van der Waals surface area contributed by atoms with E-state index < -0.39 is 11.6 Å². The summed E-state index contributed by atoms with van der Waals surface area (Å²) >= 11 is 0. The molecular weight excluding hydrogens is 276 g/mol. The van der Waals surface area contributed by atoms with Gasteiger partial charge in [0.1, 0.15) is 11.6 Å². The van der Waals surface area contributed by atoms with Gasteiger partial charge in [-0.2, -0.15) is 5.10 Å². The van der Waals surface area contributed by atoms with E-state index >= 15 is 0 Å². The Morgan fingerprint density at radius 1 is 1.33 bits per heavy atom. The standard InChI is InChI=1S/C15H17F2N3O/c1-10-12(9-19-20-10)3-2-6-18-15(21)7-11-4-5-13(16)8-14(11)17/h4-5,8-9H,2-3,6-7H2,1H3,(H,18,21)(H,19,20). The number of amides is 1. The highest BCUT2D eigenvalue weighted by Crippen LogP contribution is 2.10. The molecule has 0 atom stereocenters. The molecule has 4 nitrogen and oxygen atoms in total. The number of hydrogen-bond donors (Lipinski definition) is 2. The number of hydrogen-bond acceptors (Lipinski definition) is 2. The molecule has 1 amide bonds. The number of aromatic amines is 1. The van der Waals surface area contributed by atoms with Crippen molar-refractivity contribution in [1.82, 2.24) is 15.5 Å². The molecule has 0 aliphatic rings. The zero-order valence-corrected chi connectivity index (χ0v) is 11.7. The first-order valence-electron chi connectivity index (χ1n) is 6.75. The minimum Gasteiger partial charge on any atom is -0.356 e. The van der Waals surface area contributed by atoms with E-state index in [9.17, 15) is 13.6 Å². The number of H-pyrrole nitrogens is 1. The second-order valence-electron chi connectivity index (χ2n) is 4.89. The van der Waals surface area contributed by atoms with Crippen LogP contribution in [0.5, 0.6) is 0 Å². The first-order chi connectivity index (χ1) is 10.1. The fourth-order valence-electron chi connectivity index (χ4n) is 2.03. The van der Waals surface area contributed by atoms with E-state index in [1.807, 2.05) is 6.92 Å². The van der Waals surface area contributed by atoms with Crippen LogP contribution in [0.1, 0.15) is 23.2 Å². The van der Waals surface area contributed by atoms with Gasteiger partial charge in [0.05, 0.1) is 12.6 Å². The van der Waals surface area contributed by atoms with E-state index in [0.29, 0.717) is 6.54 Å². The number of aryl methyl sites for hydroxylation is 2. The van der Waals surface area contributed by atoms with Crippen LogP contribution >= 0.6 is 0 Å². The average molecular weight is 293 g/mol. The van der Waals surface area contributed by atoms with Gasteiger partial charge in [0.2, 0.25) is 5.91 Å². The Hall–Kier alpha value is -2.24. The Balaban J connectivity index is 1.73. The molecule has 6 heteroatoms. The molecule has 1 aromatic carbocycles. The van der Waals surface area contributed by atoms with Gasteiger partial charge in [0, 0.05) is 18.3 Å². The van der Waals surface area contributed by atoms with Crippen LogP contribution in [0.15, 0.2) is 24.4 Å². The molecule has 0 saturated heterocycles. The summed E-state index contributed by atoms with van der Waals surface area (Å²) in [5, 5.41) is 9.50. The monoisotopic (exact) mass is 293 g/mol. The molecule has 0 bridgehead atoms. The van der Waals surface area contributed by atoms with Gasteiger partial charge in [-0.05, 0) is 37.0 Å². The van der Waals surface area contributed by atoms with Crippen molar-refractivity contribution in [2.24, 2.45) is 0 Å². The molecule has 0 aliphatic carbocycles. The summed E-state index contributed by atoms with van der Waals surface area (Å²) in [6.45, 7) is 2.45. The summed E-state index contributed by atoms with van der Waals surface area (Å²) in [4.78, 5) is 11.7. The maximum Gasteiger partial charge on any atom is 0.224 e. The van der Waals surface area contributed by atoms with Crippen molar-refractivity contribution in [3.8, 4) is 0 Å². The van der Waals surface area contributed by atoms with Crippen molar-refractivity contribution in [3.05, 3.63) is 52.9 Å².